The molecule has 0 aliphatic carbocycles. The summed E-state index contributed by atoms with van der Waals surface area (Å²) in [5.41, 5.74) is 3.39. The SMILES string of the molecule is O=C(NCc1ccncc1)c1ccccc1[Se][Se]c1ccccc1C(=O)NCc1ccncc1. The first kappa shape index (κ1) is 23.9. The Balaban J connectivity index is 1.41. The van der Waals surface area contributed by atoms with E-state index in [1.165, 1.54) is 0 Å². The first-order valence-electron chi connectivity index (χ1n) is 10.6. The van der Waals surface area contributed by atoms with Crippen molar-refractivity contribution in [2.45, 2.75) is 13.1 Å². The molecular formula is C26H22N4O2Se2. The zero-order valence-corrected chi connectivity index (χ0v) is 21.6. The summed E-state index contributed by atoms with van der Waals surface area (Å²) in [4.78, 5) is 33.7. The van der Waals surface area contributed by atoms with Crippen LogP contribution < -0.4 is 19.6 Å². The van der Waals surface area contributed by atoms with Crippen LogP contribution in [0.5, 0.6) is 0 Å². The van der Waals surface area contributed by atoms with Crippen LogP contribution in [0.25, 0.3) is 0 Å². The van der Waals surface area contributed by atoms with Crippen LogP contribution in [0.4, 0.5) is 0 Å². The fourth-order valence-corrected chi connectivity index (χ4v) is 10.2. The Kier molecular flexibility index (Phi) is 8.60. The molecule has 2 amide bonds. The third-order valence-electron chi connectivity index (χ3n) is 4.89. The standard InChI is InChI=1S/C26H22N4O2Se2/c31-25(29-17-19-9-13-27-14-10-19)21-5-1-3-7-23(21)33-34-24-8-4-2-6-22(24)26(32)30-18-20-11-15-28-16-12-20/h1-16H,17-18H2,(H,29,31)(H,30,32). The van der Waals surface area contributed by atoms with Gasteiger partial charge in [-0.3, -0.25) is 0 Å². The van der Waals surface area contributed by atoms with Gasteiger partial charge in [0.2, 0.25) is 0 Å². The second-order valence-electron chi connectivity index (χ2n) is 7.24. The normalized spacial score (nSPS) is 10.5. The molecule has 2 heterocycles. The van der Waals surface area contributed by atoms with E-state index in [0.717, 1.165) is 20.1 Å². The van der Waals surface area contributed by atoms with Crippen molar-refractivity contribution >= 4 is 47.0 Å². The molecule has 0 aliphatic rings. The first-order valence-corrected chi connectivity index (χ1v) is 16.6. The summed E-state index contributed by atoms with van der Waals surface area (Å²) in [7, 11) is 0. The molecule has 0 spiro atoms. The molecule has 2 N–H and O–H groups in total. The van der Waals surface area contributed by atoms with Crippen LogP contribution in [0, 0.1) is 0 Å². The van der Waals surface area contributed by atoms with Gasteiger partial charge in [-0.15, -0.1) is 0 Å². The molecule has 0 radical (unpaired) electrons. The van der Waals surface area contributed by atoms with Crippen molar-refractivity contribution in [2.75, 3.05) is 0 Å². The molecular weight excluding hydrogens is 558 g/mol. The second-order valence-corrected chi connectivity index (χ2v) is 13.4. The topological polar surface area (TPSA) is 84.0 Å². The molecule has 4 rings (SSSR count). The van der Waals surface area contributed by atoms with E-state index in [2.05, 4.69) is 20.6 Å². The number of hydrogen-bond acceptors (Lipinski definition) is 4. The molecule has 34 heavy (non-hydrogen) atoms. The van der Waals surface area contributed by atoms with Crippen LogP contribution in [-0.4, -0.2) is 48.0 Å². The number of rotatable bonds is 9. The fourth-order valence-electron chi connectivity index (χ4n) is 3.10. The summed E-state index contributed by atoms with van der Waals surface area (Å²) in [5, 5.41) is 5.99. The van der Waals surface area contributed by atoms with E-state index in [0.29, 0.717) is 24.2 Å². The average Bonchev–Trinajstić information content (AvgIpc) is 2.90. The molecule has 0 saturated heterocycles. The number of carbonyl (C=O) groups excluding carboxylic acids is 2. The molecule has 4 aromatic rings. The third-order valence-corrected chi connectivity index (χ3v) is 12.1. The van der Waals surface area contributed by atoms with Crippen molar-refractivity contribution < 1.29 is 9.59 Å². The Morgan fingerprint density at radius 2 is 0.971 bits per heavy atom. The molecule has 170 valence electrons. The molecule has 0 unspecified atom stereocenters. The zero-order chi connectivity index (χ0) is 23.6. The fraction of sp³-hybridized carbons (Fsp3) is 0.0769. The molecule has 2 aromatic heterocycles. The van der Waals surface area contributed by atoms with Gasteiger partial charge < -0.3 is 0 Å². The minimum absolute atomic E-state index is 0.0408. The Labute approximate surface area is 209 Å². The number of benzene rings is 2. The summed E-state index contributed by atoms with van der Waals surface area (Å²) < 4.78 is 2.07. The number of aromatic nitrogens is 2. The number of amides is 2. The van der Waals surface area contributed by atoms with Gasteiger partial charge in [0.1, 0.15) is 0 Å². The molecule has 8 heteroatoms. The maximum absolute atomic E-state index is 12.9. The number of hydrogen-bond donors (Lipinski definition) is 2. The van der Waals surface area contributed by atoms with Crippen molar-refractivity contribution in [3.63, 3.8) is 0 Å². The van der Waals surface area contributed by atoms with Crippen molar-refractivity contribution in [3.8, 4) is 0 Å². The van der Waals surface area contributed by atoms with E-state index >= 15 is 0 Å². The van der Waals surface area contributed by atoms with Gasteiger partial charge in [-0.05, 0) is 0 Å². The van der Waals surface area contributed by atoms with Gasteiger partial charge in [-0.1, -0.05) is 0 Å². The molecule has 0 atom stereocenters. The first-order chi connectivity index (χ1) is 16.7. The third kappa shape index (κ3) is 6.62. The van der Waals surface area contributed by atoms with Crippen molar-refractivity contribution in [1.82, 2.24) is 20.6 Å². The molecule has 0 bridgehead atoms. The average molecular weight is 580 g/mol. The summed E-state index contributed by atoms with van der Waals surface area (Å²) >= 11 is 0.0815. The number of nitrogens with one attached hydrogen (secondary N) is 2. The molecule has 0 saturated carbocycles. The van der Waals surface area contributed by atoms with Crippen molar-refractivity contribution in [1.29, 1.82) is 0 Å². The van der Waals surface area contributed by atoms with Gasteiger partial charge in [-0.25, -0.2) is 0 Å². The van der Waals surface area contributed by atoms with Crippen LogP contribution in [0.3, 0.4) is 0 Å². The van der Waals surface area contributed by atoms with E-state index in [1.807, 2.05) is 72.8 Å². The minimum atomic E-state index is -0.0894. The van der Waals surface area contributed by atoms with Crippen LogP contribution in [0.2, 0.25) is 0 Å². The van der Waals surface area contributed by atoms with E-state index in [-0.39, 0.29) is 38.1 Å². The molecule has 2 aromatic carbocycles. The van der Waals surface area contributed by atoms with Gasteiger partial charge in [0, 0.05) is 0 Å². The number of pyridine rings is 2. The summed E-state index contributed by atoms with van der Waals surface area (Å²) in [6.07, 6.45) is 6.86. The van der Waals surface area contributed by atoms with E-state index in [9.17, 15) is 9.59 Å². The Hall–Kier alpha value is -3.28. The van der Waals surface area contributed by atoms with Crippen LogP contribution >= 0.6 is 0 Å². The van der Waals surface area contributed by atoms with Crippen LogP contribution in [0.15, 0.2) is 97.6 Å². The van der Waals surface area contributed by atoms with E-state index < -0.39 is 0 Å². The monoisotopic (exact) mass is 582 g/mol. The van der Waals surface area contributed by atoms with Crippen LogP contribution in [-0.2, 0) is 13.1 Å². The van der Waals surface area contributed by atoms with Gasteiger partial charge in [0.05, 0.1) is 0 Å². The van der Waals surface area contributed by atoms with Crippen molar-refractivity contribution in [2.24, 2.45) is 0 Å². The van der Waals surface area contributed by atoms with Gasteiger partial charge in [0.15, 0.2) is 0 Å². The van der Waals surface area contributed by atoms with E-state index in [1.54, 1.807) is 24.8 Å². The molecule has 6 nitrogen and oxygen atoms in total. The van der Waals surface area contributed by atoms with Crippen LogP contribution in [0.1, 0.15) is 31.8 Å². The van der Waals surface area contributed by atoms with E-state index in [4.69, 9.17) is 0 Å². The Bertz CT molecular complexity index is 1150. The van der Waals surface area contributed by atoms with Gasteiger partial charge in [0.25, 0.3) is 0 Å². The zero-order valence-electron chi connectivity index (χ0n) is 18.2. The van der Waals surface area contributed by atoms with Gasteiger partial charge in [-0.2, -0.15) is 0 Å². The summed E-state index contributed by atoms with van der Waals surface area (Å²) in [6.45, 7) is 0.905. The number of nitrogens with zero attached hydrogens (tertiary/aromatic N) is 2. The van der Waals surface area contributed by atoms with Crippen molar-refractivity contribution in [3.05, 3.63) is 120 Å². The predicted octanol–water partition coefficient (Wildman–Crippen LogP) is 1.61. The maximum atomic E-state index is 12.9. The Morgan fingerprint density at radius 3 is 1.38 bits per heavy atom. The molecule has 0 fully saturated rings. The molecule has 0 aliphatic heterocycles. The Morgan fingerprint density at radius 1 is 0.588 bits per heavy atom. The summed E-state index contributed by atoms with van der Waals surface area (Å²) in [6, 6.07) is 23.0. The van der Waals surface area contributed by atoms with Gasteiger partial charge >= 0.3 is 210 Å². The quantitative estimate of drug-likeness (QED) is 0.295. The number of carbonyl (C=O) groups is 2. The second kappa shape index (κ2) is 12.3. The predicted molar refractivity (Wildman–Crippen MR) is 134 cm³/mol. The summed E-state index contributed by atoms with van der Waals surface area (Å²) in [5.74, 6) is -0.179.